The first kappa shape index (κ1) is 8.24. The molecule has 0 spiro atoms. The zero-order valence-electron chi connectivity index (χ0n) is 7.79. The van der Waals surface area contributed by atoms with E-state index in [0.29, 0.717) is 5.92 Å². The highest BCUT2D eigenvalue weighted by Crippen LogP contribution is 2.33. The molecule has 0 saturated carbocycles. The van der Waals surface area contributed by atoms with E-state index < -0.39 is 0 Å². The summed E-state index contributed by atoms with van der Waals surface area (Å²) in [6, 6.07) is 5.06. The second kappa shape index (κ2) is 2.95. The Morgan fingerprint density at radius 3 is 3.21 bits per heavy atom. The highest BCUT2D eigenvalue weighted by atomic mass is 19.1. The maximum Gasteiger partial charge on any atom is 0.130 e. The Hall–Kier alpha value is -1.09. The first-order chi connectivity index (χ1) is 6.84. The van der Waals surface area contributed by atoms with E-state index in [1.807, 2.05) is 6.07 Å². The van der Waals surface area contributed by atoms with Crippen molar-refractivity contribution in [2.24, 2.45) is 5.92 Å². The van der Waals surface area contributed by atoms with Crippen LogP contribution in [-0.4, -0.2) is 19.2 Å². The van der Waals surface area contributed by atoms with Crippen molar-refractivity contribution in [3.8, 4) is 5.75 Å². The van der Waals surface area contributed by atoms with E-state index in [9.17, 15) is 4.39 Å². The molecular formula is C11H12FNO. The summed E-state index contributed by atoms with van der Waals surface area (Å²) in [5.74, 6) is 1.04. The lowest BCUT2D eigenvalue weighted by Gasteiger charge is -2.28. The summed E-state index contributed by atoms with van der Waals surface area (Å²) in [6.07, 6.45) is 1.05. The van der Waals surface area contributed by atoms with E-state index in [-0.39, 0.29) is 11.9 Å². The molecule has 2 aliphatic heterocycles. The van der Waals surface area contributed by atoms with Crippen molar-refractivity contribution < 1.29 is 9.13 Å². The normalized spacial score (nSPS) is 29.2. The van der Waals surface area contributed by atoms with Crippen LogP contribution < -0.4 is 10.1 Å². The van der Waals surface area contributed by atoms with Gasteiger partial charge in [0.2, 0.25) is 0 Å². The molecule has 0 aliphatic carbocycles. The Balaban J connectivity index is 2.01. The van der Waals surface area contributed by atoms with E-state index in [1.165, 1.54) is 6.07 Å². The number of hydrogen-bond donors (Lipinski definition) is 1. The summed E-state index contributed by atoms with van der Waals surface area (Å²) >= 11 is 0. The third-order valence-corrected chi connectivity index (χ3v) is 3.10. The predicted molar refractivity (Wildman–Crippen MR) is 50.9 cm³/mol. The zero-order valence-corrected chi connectivity index (χ0v) is 7.79. The molecule has 74 valence electrons. The summed E-state index contributed by atoms with van der Waals surface area (Å²) in [7, 11) is 0. The molecule has 0 amide bonds. The van der Waals surface area contributed by atoms with Gasteiger partial charge in [0.1, 0.15) is 17.7 Å². The van der Waals surface area contributed by atoms with Gasteiger partial charge in [0, 0.05) is 24.6 Å². The third-order valence-electron chi connectivity index (χ3n) is 3.10. The lowest BCUT2D eigenvalue weighted by Crippen LogP contribution is -2.32. The summed E-state index contributed by atoms with van der Waals surface area (Å²) in [5.41, 5.74) is 0.748. The quantitative estimate of drug-likeness (QED) is 0.671. The van der Waals surface area contributed by atoms with Crippen molar-refractivity contribution in [3.63, 3.8) is 0 Å². The van der Waals surface area contributed by atoms with Crippen LogP contribution in [0.15, 0.2) is 18.2 Å². The van der Waals surface area contributed by atoms with Gasteiger partial charge in [0.25, 0.3) is 0 Å². The highest BCUT2D eigenvalue weighted by Gasteiger charge is 2.34. The van der Waals surface area contributed by atoms with Gasteiger partial charge in [0.15, 0.2) is 0 Å². The smallest absolute Gasteiger partial charge is 0.130 e. The molecule has 2 atom stereocenters. The molecule has 14 heavy (non-hydrogen) atoms. The van der Waals surface area contributed by atoms with Crippen LogP contribution in [0.1, 0.15) is 5.56 Å². The molecule has 1 aromatic rings. The van der Waals surface area contributed by atoms with Crippen molar-refractivity contribution in [2.45, 2.75) is 12.5 Å². The van der Waals surface area contributed by atoms with E-state index in [2.05, 4.69) is 5.32 Å². The Labute approximate surface area is 82.1 Å². The van der Waals surface area contributed by atoms with Gasteiger partial charge in [-0.15, -0.1) is 0 Å². The molecule has 0 unspecified atom stereocenters. The number of halogens is 1. The van der Waals surface area contributed by atoms with Gasteiger partial charge in [-0.3, -0.25) is 0 Å². The Bertz CT molecular complexity index is 366. The number of ether oxygens (including phenoxy) is 1. The fourth-order valence-corrected chi connectivity index (χ4v) is 2.32. The number of benzene rings is 1. The predicted octanol–water partition coefficient (Wildman–Crippen LogP) is 1.35. The topological polar surface area (TPSA) is 21.3 Å². The van der Waals surface area contributed by atoms with Crippen LogP contribution in [0.2, 0.25) is 0 Å². The molecule has 0 aromatic heterocycles. The SMILES string of the molecule is Fc1cccc2c1C[C@H]1CNC[C@@H]1O2. The van der Waals surface area contributed by atoms with Crippen molar-refractivity contribution >= 4 is 0 Å². The van der Waals surface area contributed by atoms with E-state index in [1.54, 1.807) is 6.07 Å². The minimum atomic E-state index is -0.132. The average Bonchev–Trinajstić information content (AvgIpc) is 2.62. The number of nitrogens with one attached hydrogen (secondary N) is 1. The van der Waals surface area contributed by atoms with Gasteiger partial charge in [-0.05, 0) is 18.6 Å². The molecule has 1 saturated heterocycles. The van der Waals surface area contributed by atoms with Crippen molar-refractivity contribution in [3.05, 3.63) is 29.6 Å². The molecule has 0 bridgehead atoms. The second-order valence-corrected chi connectivity index (χ2v) is 4.00. The van der Waals surface area contributed by atoms with Crippen molar-refractivity contribution in [1.82, 2.24) is 5.32 Å². The van der Waals surface area contributed by atoms with E-state index in [0.717, 1.165) is 30.8 Å². The maximum atomic E-state index is 13.4. The average molecular weight is 193 g/mol. The molecule has 1 N–H and O–H groups in total. The highest BCUT2D eigenvalue weighted by molar-refractivity contribution is 5.37. The lowest BCUT2D eigenvalue weighted by molar-refractivity contribution is 0.150. The standard InChI is InChI=1S/C11H12FNO/c12-9-2-1-3-10-8(9)4-7-5-13-6-11(7)14-10/h1-3,7,11,13H,4-6H2/t7-,11-/m0/s1. The lowest BCUT2D eigenvalue weighted by atomic mass is 9.93. The largest absolute Gasteiger partial charge is 0.488 e. The van der Waals surface area contributed by atoms with Crippen LogP contribution in [0.25, 0.3) is 0 Å². The van der Waals surface area contributed by atoms with Gasteiger partial charge < -0.3 is 10.1 Å². The molecule has 2 aliphatic rings. The molecule has 1 aromatic carbocycles. The van der Waals surface area contributed by atoms with Crippen LogP contribution in [0.3, 0.4) is 0 Å². The Morgan fingerprint density at radius 1 is 1.36 bits per heavy atom. The van der Waals surface area contributed by atoms with Crippen molar-refractivity contribution in [1.29, 1.82) is 0 Å². The number of fused-ring (bicyclic) bond motifs is 2. The van der Waals surface area contributed by atoms with Crippen LogP contribution in [0.5, 0.6) is 5.75 Å². The summed E-state index contributed by atoms with van der Waals surface area (Å²) < 4.78 is 19.2. The molecule has 3 rings (SSSR count). The van der Waals surface area contributed by atoms with Gasteiger partial charge in [0.05, 0.1) is 0 Å². The second-order valence-electron chi connectivity index (χ2n) is 4.00. The van der Waals surface area contributed by atoms with Crippen LogP contribution in [0, 0.1) is 11.7 Å². The van der Waals surface area contributed by atoms with Crippen LogP contribution in [-0.2, 0) is 6.42 Å². The third kappa shape index (κ3) is 1.12. The number of hydrogen-bond acceptors (Lipinski definition) is 2. The monoisotopic (exact) mass is 193 g/mol. The summed E-state index contributed by atoms with van der Waals surface area (Å²) in [6.45, 7) is 1.83. The molecule has 3 heteroatoms. The van der Waals surface area contributed by atoms with Gasteiger partial charge in [-0.25, -0.2) is 4.39 Å². The minimum absolute atomic E-state index is 0.132. The zero-order chi connectivity index (χ0) is 9.54. The van der Waals surface area contributed by atoms with Crippen LogP contribution >= 0.6 is 0 Å². The van der Waals surface area contributed by atoms with E-state index in [4.69, 9.17) is 4.74 Å². The molecule has 2 nitrogen and oxygen atoms in total. The Morgan fingerprint density at radius 2 is 2.29 bits per heavy atom. The van der Waals surface area contributed by atoms with Gasteiger partial charge >= 0.3 is 0 Å². The fraction of sp³-hybridized carbons (Fsp3) is 0.455. The van der Waals surface area contributed by atoms with E-state index >= 15 is 0 Å². The van der Waals surface area contributed by atoms with Gasteiger partial charge in [-0.1, -0.05) is 6.07 Å². The minimum Gasteiger partial charge on any atom is -0.488 e. The first-order valence-corrected chi connectivity index (χ1v) is 4.99. The van der Waals surface area contributed by atoms with Crippen LogP contribution in [0.4, 0.5) is 4.39 Å². The fourth-order valence-electron chi connectivity index (χ4n) is 2.32. The maximum absolute atomic E-state index is 13.4. The molecule has 2 heterocycles. The first-order valence-electron chi connectivity index (χ1n) is 4.99. The molecular weight excluding hydrogens is 181 g/mol. The summed E-state index contributed by atoms with van der Waals surface area (Å²) in [4.78, 5) is 0. The molecule has 1 fully saturated rings. The molecule has 0 radical (unpaired) electrons. The van der Waals surface area contributed by atoms with Gasteiger partial charge in [-0.2, -0.15) is 0 Å². The Kier molecular flexibility index (Phi) is 1.74. The van der Waals surface area contributed by atoms with Crippen molar-refractivity contribution in [2.75, 3.05) is 13.1 Å². The number of rotatable bonds is 0. The summed E-state index contributed by atoms with van der Waals surface area (Å²) in [5, 5.41) is 3.27.